The van der Waals surface area contributed by atoms with Crippen molar-refractivity contribution in [3.8, 4) is 0 Å². The van der Waals surface area contributed by atoms with Crippen molar-refractivity contribution < 1.29 is 9.90 Å². The third kappa shape index (κ3) is 2.92. The van der Waals surface area contributed by atoms with E-state index in [1.165, 1.54) is 22.8 Å². The predicted octanol–water partition coefficient (Wildman–Crippen LogP) is 2.14. The van der Waals surface area contributed by atoms with E-state index in [9.17, 15) is 14.7 Å². The second-order valence-corrected chi connectivity index (χ2v) is 5.31. The Morgan fingerprint density at radius 1 is 1.38 bits per heavy atom. The summed E-state index contributed by atoms with van der Waals surface area (Å²) in [5, 5.41) is 13.7. The van der Waals surface area contributed by atoms with E-state index in [1.807, 2.05) is 13.8 Å². The molecule has 2 aromatic heterocycles. The van der Waals surface area contributed by atoms with Crippen molar-refractivity contribution in [2.45, 2.75) is 33.4 Å². The summed E-state index contributed by atoms with van der Waals surface area (Å²) in [4.78, 5) is 23.3. The number of hydrogen-bond acceptors (Lipinski definition) is 3. The number of carboxylic acid groups (broad SMARTS) is 1. The van der Waals surface area contributed by atoms with Crippen LogP contribution in [0, 0.1) is 0 Å². The molecule has 2 rings (SSSR count). The number of carbonyl (C=O) groups is 1. The SMILES string of the molecule is CCc1nn(CC)c(Cn2c(C(=O)O)cccc2=O)c1Br. The van der Waals surface area contributed by atoms with E-state index in [-0.39, 0.29) is 17.8 Å². The second-order valence-electron chi connectivity index (χ2n) is 4.52. The average molecular weight is 354 g/mol. The highest BCUT2D eigenvalue weighted by Gasteiger charge is 2.17. The standard InChI is InChI=1S/C14H16BrN3O3/c1-3-9-13(15)11(18(4-2)16-9)8-17-10(14(20)21)6-5-7-12(17)19/h5-7H,3-4,8H2,1-2H3,(H,20,21). The van der Waals surface area contributed by atoms with Crippen LogP contribution in [0.25, 0.3) is 0 Å². The van der Waals surface area contributed by atoms with Crippen LogP contribution in [0.15, 0.2) is 27.5 Å². The molecule has 0 aliphatic rings. The number of aromatic carboxylic acids is 1. The van der Waals surface area contributed by atoms with Gasteiger partial charge in [-0.25, -0.2) is 4.79 Å². The molecule has 21 heavy (non-hydrogen) atoms. The number of halogens is 1. The lowest BCUT2D eigenvalue weighted by atomic mass is 10.2. The molecule has 112 valence electrons. The summed E-state index contributed by atoms with van der Waals surface area (Å²) in [5.41, 5.74) is 1.32. The first-order valence-electron chi connectivity index (χ1n) is 6.66. The van der Waals surface area contributed by atoms with Crippen molar-refractivity contribution in [1.29, 1.82) is 0 Å². The van der Waals surface area contributed by atoms with E-state index >= 15 is 0 Å². The number of rotatable bonds is 5. The van der Waals surface area contributed by atoms with Gasteiger partial charge in [-0.2, -0.15) is 5.10 Å². The van der Waals surface area contributed by atoms with Gasteiger partial charge >= 0.3 is 5.97 Å². The van der Waals surface area contributed by atoms with E-state index in [2.05, 4.69) is 21.0 Å². The lowest BCUT2D eigenvalue weighted by molar-refractivity contribution is 0.0684. The van der Waals surface area contributed by atoms with Crippen molar-refractivity contribution in [2.24, 2.45) is 0 Å². The van der Waals surface area contributed by atoms with Crippen molar-refractivity contribution in [2.75, 3.05) is 0 Å². The fourth-order valence-corrected chi connectivity index (χ4v) is 2.88. The van der Waals surface area contributed by atoms with Crippen LogP contribution >= 0.6 is 15.9 Å². The van der Waals surface area contributed by atoms with E-state index in [0.29, 0.717) is 6.54 Å². The first-order chi connectivity index (χ1) is 9.99. The van der Waals surface area contributed by atoms with Gasteiger partial charge in [0.25, 0.3) is 5.56 Å². The van der Waals surface area contributed by atoms with Crippen LogP contribution < -0.4 is 5.56 Å². The normalized spacial score (nSPS) is 10.8. The molecule has 7 heteroatoms. The molecule has 0 spiro atoms. The van der Waals surface area contributed by atoms with E-state index < -0.39 is 5.97 Å². The number of aryl methyl sites for hydroxylation is 2. The third-order valence-corrected chi connectivity index (χ3v) is 4.19. The molecule has 2 aromatic rings. The molecule has 0 unspecified atom stereocenters. The Bertz CT molecular complexity index is 734. The lowest BCUT2D eigenvalue weighted by Crippen LogP contribution is -2.26. The maximum absolute atomic E-state index is 12.0. The zero-order valence-electron chi connectivity index (χ0n) is 11.8. The van der Waals surface area contributed by atoms with Gasteiger partial charge in [0.2, 0.25) is 0 Å². The molecule has 0 atom stereocenters. The molecular weight excluding hydrogens is 338 g/mol. The van der Waals surface area contributed by atoms with Gasteiger partial charge in [-0.3, -0.25) is 14.0 Å². The fraction of sp³-hybridized carbons (Fsp3) is 0.357. The summed E-state index contributed by atoms with van der Waals surface area (Å²) in [6.07, 6.45) is 0.760. The Kier molecular flexibility index (Phi) is 4.62. The number of aromatic nitrogens is 3. The van der Waals surface area contributed by atoms with Gasteiger partial charge in [-0.15, -0.1) is 0 Å². The maximum atomic E-state index is 12.0. The third-order valence-electron chi connectivity index (χ3n) is 3.27. The van der Waals surface area contributed by atoms with Crippen LogP contribution in [0.1, 0.15) is 35.7 Å². The summed E-state index contributed by atoms with van der Waals surface area (Å²) >= 11 is 3.50. The molecule has 0 aromatic carbocycles. The van der Waals surface area contributed by atoms with Gasteiger partial charge < -0.3 is 5.11 Å². The first-order valence-corrected chi connectivity index (χ1v) is 7.46. The minimum atomic E-state index is -1.12. The minimum absolute atomic E-state index is 0.0312. The van der Waals surface area contributed by atoms with Crippen LogP contribution in [0.4, 0.5) is 0 Å². The molecule has 0 saturated heterocycles. The second kappa shape index (κ2) is 6.26. The molecular formula is C14H16BrN3O3. The van der Waals surface area contributed by atoms with Crippen molar-refractivity contribution in [1.82, 2.24) is 14.3 Å². The Labute approximate surface area is 130 Å². The average Bonchev–Trinajstić information content (AvgIpc) is 2.77. The molecule has 0 aliphatic heterocycles. The largest absolute Gasteiger partial charge is 0.477 e. The van der Waals surface area contributed by atoms with Gasteiger partial charge in [0, 0.05) is 12.6 Å². The quantitative estimate of drug-likeness (QED) is 0.893. The van der Waals surface area contributed by atoms with Crippen LogP contribution in [0.5, 0.6) is 0 Å². The van der Waals surface area contributed by atoms with Crippen molar-refractivity contribution >= 4 is 21.9 Å². The monoisotopic (exact) mass is 353 g/mol. The molecule has 0 amide bonds. The minimum Gasteiger partial charge on any atom is -0.477 e. The highest BCUT2D eigenvalue weighted by molar-refractivity contribution is 9.10. The number of carboxylic acids is 1. The number of pyridine rings is 1. The van der Waals surface area contributed by atoms with E-state index in [1.54, 1.807) is 4.68 Å². The summed E-state index contributed by atoms with van der Waals surface area (Å²) in [5.74, 6) is -1.12. The number of nitrogens with zero attached hydrogens (tertiary/aromatic N) is 3. The molecule has 0 saturated carbocycles. The van der Waals surface area contributed by atoms with Crippen molar-refractivity contribution in [3.63, 3.8) is 0 Å². The topological polar surface area (TPSA) is 77.1 Å². The lowest BCUT2D eigenvalue weighted by Gasteiger charge is -2.11. The van der Waals surface area contributed by atoms with Gasteiger partial charge in [-0.1, -0.05) is 13.0 Å². The van der Waals surface area contributed by atoms with Crippen LogP contribution in [-0.2, 0) is 19.5 Å². The summed E-state index contributed by atoms with van der Waals surface area (Å²) in [6.45, 7) is 4.77. The Morgan fingerprint density at radius 2 is 2.10 bits per heavy atom. The zero-order valence-corrected chi connectivity index (χ0v) is 13.4. The molecule has 2 heterocycles. The predicted molar refractivity (Wildman–Crippen MR) is 81.7 cm³/mol. The Balaban J connectivity index is 2.55. The highest BCUT2D eigenvalue weighted by Crippen LogP contribution is 2.23. The molecule has 0 aliphatic carbocycles. The van der Waals surface area contributed by atoms with E-state index in [4.69, 9.17) is 0 Å². The number of hydrogen-bond donors (Lipinski definition) is 1. The van der Waals surface area contributed by atoms with Gasteiger partial charge in [-0.05, 0) is 35.3 Å². The smallest absolute Gasteiger partial charge is 0.352 e. The highest BCUT2D eigenvalue weighted by atomic mass is 79.9. The van der Waals surface area contributed by atoms with Gasteiger partial charge in [0.15, 0.2) is 0 Å². The van der Waals surface area contributed by atoms with Crippen molar-refractivity contribution in [3.05, 3.63) is 50.1 Å². The molecule has 1 N–H and O–H groups in total. The summed E-state index contributed by atoms with van der Waals surface area (Å²) < 4.78 is 3.86. The van der Waals surface area contributed by atoms with Gasteiger partial charge in [0.05, 0.1) is 22.4 Å². The molecule has 6 nitrogen and oxygen atoms in total. The van der Waals surface area contributed by atoms with Gasteiger partial charge in [0.1, 0.15) is 5.69 Å². The maximum Gasteiger partial charge on any atom is 0.352 e. The van der Waals surface area contributed by atoms with Crippen LogP contribution in [0.2, 0.25) is 0 Å². The fourth-order valence-electron chi connectivity index (χ4n) is 2.19. The Morgan fingerprint density at radius 3 is 2.67 bits per heavy atom. The molecule has 0 fully saturated rings. The zero-order chi connectivity index (χ0) is 15.6. The summed E-state index contributed by atoms with van der Waals surface area (Å²) in [6, 6.07) is 4.23. The molecule has 0 radical (unpaired) electrons. The Hall–Kier alpha value is -1.89. The molecule has 0 bridgehead atoms. The first kappa shape index (κ1) is 15.5. The van der Waals surface area contributed by atoms with Crippen LogP contribution in [-0.4, -0.2) is 25.4 Å². The van der Waals surface area contributed by atoms with E-state index in [0.717, 1.165) is 22.3 Å². The van der Waals surface area contributed by atoms with Crippen LogP contribution in [0.3, 0.4) is 0 Å². The summed E-state index contributed by atoms with van der Waals surface area (Å²) in [7, 11) is 0.